The molecule has 0 aliphatic heterocycles. The molecule has 0 radical (unpaired) electrons. The largest absolute Gasteiger partial charge is 0.397 e. The fourth-order valence-corrected chi connectivity index (χ4v) is 2.04. The quantitative estimate of drug-likeness (QED) is 0.816. The summed E-state index contributed by atoms with van der Waals surface area (Å²) < 4.78 is 15.2. The molecule has 0 unspecified atom stereocenters. The van der Waals surface area contributed by atoms with Gasteiger partial charge in [-0.1, -0.05) is 11.6 Å². The average molecular weight is 319 g/mol. The Labute approximate surface area is 112 Å². The summed E-state index contributed by atoms with van der Waals surface area (Å²) in [6.07, 6.45) is 0. The molecule has 0 saturated carbocycles. The molecule has 2 rings (SSSR count). The van der Waals surface area contributed by atoms with E-state index in [4.69, 9.17) is 17.3 Å². The SMILES string of the molecule is Cc1nn(-c2cc(Br)c(F)cc2N)c(C)c1Cl. The molecule has 0 amide bonds. The highest BCUT2D eigenvalue weighted by atomic mass is 79.9. The predicted molar refractivity (Wildman–Crippen MR) is 70.1 cm³/mol. The third kappa shape index (κ3) is 2.05. The zero-order valence-electron chi connectivity index (χ0n) is 9.26. The Morgan fingerprint density at radius 2 is 2.06 bits per heavy atom. The van der Waals surface area contributed by atoms with E-state index in [0.29, 0.717) is 26.6 Å². The Morgan fingerprint density at radius 3 is 2.59 bits per heavy atom. The maximum atomic E-state index is 13.3. The molecular formula is C11H10BrClFN3. The highest BCUT2D eigenvalue weighted by Gasteiger charge is 2.14. The van der Waals surface area contributed by atoms with Crippen LogP contribution in [0.25, 0.3) is 5.69 Å². The van der Waals surface area contributed by atoms with Crippen LogP contribution in [-0.4, -0.2) is 9.78 Å². The van der Waals surface area contributed by atoms with Crippen LogP contribution in [0.15, 0.2) is 16.6 Å². The van der Waals surface area contributed by atoms with Crippen LogP contribution in [0.5, 0.6) is 0 Å². The Hall–Kier alpha value is -1.07. The first kappa shape index (κ1) is 12.4. The summed E-state index contributed by atoms with van der Waals surface area (Å²) in [6, 6.07) is 2.84. The first-order chi connectivity index (χ1) is 7.91. The van der Waals surface area contributed by atoms with Crippen LogP contribution in [0.3, 0.4) is 0 Å². The van der Waals surface area contributed by atoms with Gasteiger partial charge >= 0.3 is 0 Å². The molecule has 6 heteroatoms. The van der Waals surface area contributed by atoms with Gasteiger partial charge in [0.2, 0.25) is 0 Å². The number of nitrogen functional groups attached to an aromatic ring is 1. The van der Waals surface area contributed by atoms with Gasteiger partial charge in [-0.15, -0.1) is 0 Å². The van der Waals surface area contributed by atoms with Crippen molar-refractivity contribution in [3.8, 4) is 5.69 Å². The van der Waals surface area contributed by atoms with Crippen molar-refractivity contribution in [1.82, 2.24) is 9.78 Å². The lowest BCUT2D eigenvalue weighted by Gasteiger charge is -2.09. The monoisotopic (exact) mass is 317 g/mol. The molecule has 2 aromatic rings. The summed E-state index contributed by atoms with van der Waals surface area (Å²) in [4.78, 5) is 0. The molecule has 1 aromatic carbocycles. The highest BCUT2D eigenvalue weighted by molar-refractivity contribution is 9.10. The van der Waals surface area contributed by atoms with E-state index in [2.05, 4.69) is 21.0 Å². The van der Waals surface area contributed by atoms with E-state index < -0.39 is 5.82 Å². The minimum Gasteiger partial charge on any atom is -0.397 e. The highest BCUT2D eigenvalue weighted by Crippen LogP contribution is 2.29. The number of anilines is 1. The standard InChI is InChI=1S/C11H10BrClFN3/c1-5-11(13)6(2)17(16-5)10-3-7(12)8(14)4-9(10)15/h3-4H,15H2,1-2H3. The van der Waals surface area contributed by atoms with Gasteiger partial charge < -0.3 is 5.73 Å². The van der Waals surface area contributed by atoms with Crippen molar-refractivity contribution in [1.29, 1.82) is 0 Å². The summed E-state index contributed by atoms with van der Waals surface area (Å²) in [7, 11) is 0. The summed E-state index contributed by atoms with van der Waals surface area (Å²) in [5.74, 6) is -0.404. The molecule has 1 aromatic heterocycles. The molecule has 1 heterocycles. The molecule has 0 atom stereocenters. The zero-order valence-corrected chi connectivity index (χ0v) is 11.6. The maximum Gasteiger partial charge on any atom is 0.139 e. The summed E-state index contributed by atoms with van der Waals surface area (Å²) in [6.45, 7) is 3.64. The van der Waals surface area contributed by atoms with Crippen LogP contribution in [0.2, 0.25) is 5.02 Å². The Bertz CT molecular complexity index is 595. The second-order valence-corrected chi connectivity index (χ2v) is 4.95. The number of nitrogens with two attached hydrogens (primary N) is 1. The number of benzene rings is 1. The van der Waals surface area contributed by atoms with Gasteiger partial charge in [-0.05, 0) is 35.8 Å². The first-order valence-corrected chi connectivity index (χ1v) is 6.05. The van der Waals surface area contributed by atoms with Crippen molar-refractivity contribution < 1.29 is 4.39 Å². The molecule has 0 saturated heterocycles. The second kappa shape index (κ2) is 4.31. The molecule has 17 heavy (non-hydrogen) atoms. The van der Waals surface area contributed by atoms with E-state index in [0.717, 1.165) is 5.69 Å². The third-order valence-corrected chi connectivity index (χ3v) is 3.66. The molecule has 0 bridgehead atoms. The lowest BCUT2D eigenvalue weighted by molar-refractivity contribution is 0.621. The van der Waals surface area contributed by atoms with E-state index in [1.807, 2.05) is 6.92 Å². The maximum absolute atomic E-state index is 13.3. The van der Waals surface area contributed by atoms with Crippen LogP contribution in [0.4, 0.5) is 10.1 Å². The molecule has 3 nitrogen and oxygen atoms in total. The fraction of sp³-hybridized carbons (Fsp3) is 0.182. The fourth-order valence-electron chi connectivity index (χ4n) is 1.59. The van der Waals surface area contributed by atoms with E-state index in [9.17, 15) is 4.39 Å². The van der Waals surface area contributed by atoms with Gasteiger partial charge in [-0.25, -0.2) is 9.07 Å². The first-order valence-electron chi connectivity index (χ1n) is 4.88. The second-order valence-electron chi connectivity index (χ2n) is 3.72. The molecule has 0 aliphatic carbocycles. The molecule has 0 fully saturated rings. The summed E-state index contributed by atoms with van der Waals surface area (Å²) >= 11 is 9.18. The van der Waals surface area contributed by atoms with Crippen molar-refractivity contribution >= 4 is 33.2 Å². The van der Waals surface area contributed by atoms with Crippen molar-refractivity contribution in [3.05, 3.63) is 38.8 Å². The van der Waals surface area contributed by atoms with E-state index >= 15 is 0 Å². The Morgan fingerprint density at radius 1 is 1.41 bits per heavy atom. The van der Waals surface area contributed by atoms with Crippen LogP contribution in [0, 0.1) is 19.7 Å². The molecule has 0 aliphatic rings. The van der Waals surface area contributed by atoms with Crippen LogP contribution >= 0.6 is 27.5 Å². The number of aryl methyl sites for hydroxylation is 1. The van der Waals surface area contributed by atoms with Gasteiger partial charge in [-0.3, -0.25) is 0 Å². The minimum atomic E-state index is -0.404. The molecule has 90 valence electrons. The van der Waals surface area contributed by atoms with Crippen molar-refractivity contribution in [2.45, 2.75) is 13.8 Å². The Kier molecular flexibility index (Phi) is 3.14. The molecule has 2 N–H and O–H groups in total. The normalized spacial score (nSPS) is 10.9. The number of aromatic nitrogens is 2. The van der Waals surface area contributed by atoms with E-state index in [1.165, 1.54) is 6.07 Å². The topological polar surface area (TPSA) is 43.8 Å². The number of hydrogen-bond donors (Lipinski definition) is 1. The summed E-state index contributed by atoms with van der Waals surface area (Å²) in [5, 5.41) is 4.86. The molecule has 0 spiro atoms. The smallest absolute Gasteiger partial charge is 0.139 e. The van der Waals surface area contributed by atoms with Gasteiger partial charge in [0, 0.05) is 6.07 Å². The number of hydrogen-bond acceptors (Lipinski definition) is 2. The Balaban J connectivity index is 2.68. The van der Waals surface area contributed by atoms with Crippen LogP contribution in [-0.2, 0) is 0 Å². The predicted octanol–water partition coefficient (Wildman–Crippen LogP) is 3.63. The van der Waals surface area contributed by atoms with Gasteiger partial charge in [0.15, 0.2) is 0 Å². The minimum absolute atomic E-state index is 0.313. The molecular weight excluding hydrogens is 308 g/mol. The van der Waals surface area contributed by atoms with Crippen molar-refractivity contribution in [2.75, 3.05) is 5.73 Å². The van der Waals surface area contributed by atoms with Gasteiger partial charge in [-0.2, -0.15) is 5.10 Å². The van der Waals surface area contributed by atoms with Gasteiger partial charge in [0.25, 0.3) is 0 Å². The van der Waals surface area contributed by atoms with Crippen molar-refractivity contribution in [3.63, 3.8) is 0 Å². The van der Waals surface area contributed by atoms with Gasteiger partial charge in [0.1, 0.15) is 5.82 Å². The van der Waals surface area contributed by atoms with Gasteiger partial charge in [0.05, 0.1) is 32.3 Å². The third-order valence-electron chi connectivity index (χ3n) is 2.50. The number of nitrogens with zero attached hydrogens (tertiary/aromatic N) is 2. The number of halogens is 3. The van der Waals surface area contributed by atoms with Crippen LogP contribution in [0.1, 0.15) is 11.4 Å². The average Bonchev–Trinajstić information content (AvgIpc) is 2.51. The van der Waals surface area contributed by atoms with Crippen molar-refractivity contribution in [2.24, 2.45) is 0 Å². The summed E-state index contributed by atoms with van der Waals surface area (Å²) in [5.41, 5.74) is 8.19. The zero-order chi connectivity index (χ0) is 12.7. The van der Waals surface area contributed by atoms with Crippen LogP contribution < -0.4 is 5.73 Å². The lowest BCUT2D eigenvalue weighted by Crippen LogP contribution is -2.04. The lowest BCUT2D eigenvalue weighted by atomic mass is 10.2. The van der Waals surface area contributed by atoms with E-state index in [1.54, 1.807) is 17.7 Å². The van der Waals surface area contributed by atoms with E-state index in [-0.39, 0.29) is 0 Å². The number of rotatable bonds is 1.